The van der Waals surface area contributed by atoms with Gasteiger partial charge in [-0.15, -0.1) is 0 Å². The fourth-order valence-electron chi connectivity index (χ4n) is 1.71. The van der Waals surface area contributed by atoms with E-state index in [0.717, 1.165) is 6.08 Å². The molecule has 2 rings (SSSR count). The summed E-state index contributed by atoms with van der Waals surface area (Å²) in [4.78, 5) is 30.8. The van der Waals surface area contributed by atoms with Crippen LogP contribution in [0.15, 0.2) is 42.9 Å². The third-order valence-corrected chi connectivity index (χ3v) is 2.76. The Morgan fingerprint density at radius 1 is 1.29 bits per heavy atom. The highest BCUT2D eigenvalue weighted by Crippen LogP contribution is 2.15. The van der Waals surface area contributed by atoms with Gasteiger partial charge in [-0.05, 0) is 31.2 Å². The van der Waals surface area contributed by atoms with Crippen LogP contribution in [0.1, 0.15) is 21.6 Å². The van der Waals surface area contributed by atoms with E-state index in [1.807, 2.05) is 0 Å². The molecule has 6 nitrogen and oxygen atoms in total. The monoisotopic (exact) mass is 283 g/mol. The molecule has 1 amide bonds. The van der Waals surface area contributed by atoms with E-state index in [2.05, 4.69) is 15.3 Å². The SMILES string of the molecule is Cc1ncccc1NC(=O)c1ccncc1C=CC(=O)O. The van der Waals surface area contributed by atoms with Crippen molar-refractivity contribution in [3.05, 3.63) is 59.7 Å². The lowest BCUT2D eigenvalue weighted by Crippen LogP contribution is -2.14. The van der Waals surface area contributed by atoms with E-state index in [1.54, 1.807) is 25.3 Å². The second-order valence-electron chi connectivity index (χ2n) is 4.22. The number of rotatable bonds is 4. The maximum Gasteiger partial charge on any atom is 0.328 e. The minimum Gasteiger partial charge on any atom is -0.478 e. The fraction of sp³-hybridized carbons (Fsp3) is 0.0667. The predicted molar refractivity (Wildman–Crippen MR) is 77.8 cm³/mol. The summed E-state index contributed by atoms with van der Waals surface area (Å²) in [6, 6.07) is 5.00. The number of anilines is 1. The van der Waals surface area contributed by atoms with Crippen molar-refractivity contribution in [1.29, 1.82) is 0 Å². The summed E-state index contributed by atoms with van der Waals surface area (Å²) in [5.74, 6) is -1.44. The Morgan fingerprint density at radius 2 is 2.10 bits per heavy atom. The Hall–Kier alpha value is -3.02. The first-order chi connectivity index (χ1) is 10.1. The van der Waals surface area contributed by atoms with Crippen LogP contribution in [0.2, 0.25) is 0 Å². The first-order valence-electron chi connectivity index (χ1n) is 6.16. The molecule has 6 heteroatoms. The van der Waals surface area contributed by atoms with Crippen molar-refractivity contribution < 1.29 is 14.7 Å². The molecule has 0 aromatic carbocycles. The first kappa shape index (κ1) is 14.4. The molecule has 2 aromatic rings. The van der Waals surface area contributed by atoms with E-state index >= 15 is 0 Å². The van der Waals surface area contributed by atoms with Crippen molar-refractivity contribution in [3.8, 4) is 0 Å². The molecule has 106 valence electrons. The number of carbonyl (C=O) groups excluding carboxylic acids is 1. The van der Waals surface area contributed by atoms with Gasteiger partial charge in [0.25, 0.3) is 5.91 Å². The van der Waals surface area contributed by atoms with Gasteiger partial charge in [0.1, 0.15) is 0 Å². The number of carboxylic acids is 1. The summed E-state index contributed by atoms with van der Waals surface area (Å²) in [5.41, 5.74) is 2.07. The van der Waals surface area contributed by atoms with Crippen LogP contribution in [-0.4, -0.2) is 27.0 Å². The van der Waals surface area contributed by atoms with Crippen LogP contribution in [0.4, 0.5) is 5.69 Å². The molecule has 0 aliphatic carbocycles. The molecule has 2 heterocycles. The number of hydrogen-bond acceptors (Lipinski definition) is 4. The number of aliphatic carboxylic acids is 1. The number of nitrogens with one attached hydrogen (secondary N) is 1. The van der Waals surface area contributed by atoms with Crippen molar-refractivity contribution in [2.75, 3.05) is 5.32 Å². The molecule has 2 N–H and O–H groups in total. The zero-order valence-electron chi connectivity index (χ0n) is 11.3. The second-order valence-corrected chi connectivity index (χ2v) is 4.22. The quantitative estimate of drug-likeness (QED) is 0.839. The summed E-state index contributed by atoms with van der Waals surface area (Å²) in [6.07, 6.45) is 6.84. The first-order valence-corrected chi connectivity index (χ1v) is 6.16. The van der Waals surface area contributed by atoms with Crippen LogP contribution in [0.25, 0.3) is 6.08 Å². The molecule has 21 heavy (non-hydrogen) atoms. The number of pyridine rings is 2. The number of amides is 1. The molecule has 2 aromatic heterocycles. The van der Waals surface area contributed by atoms with Crippen molar-refractivity contribution in [2.45, 2.75) is 6.92 Å². The van der Waals surface area contributed by atoms with Gasteiger partial charge >= 0.3 is 5.97 Å². The lowest BCUT2D eigenvalue weighted by Gasteiger charge is -2.09. The highest BCUT2D eigenvalue weighted by molar-refractivity contribution is 6.07. The molecule has 0 saturated heterocycles. The van der Waals surface area contributed by atoms with Gasteiger partial charge < -0.3 is 10.4 Å². The number of hydrogen-bond donors (Lipinski definition) is 2. The van der Waals surface area contributed by atoms with Gasteiger partial charge in [-0.25, -0.2) is 4.79 Å². The van der Waals surface area contributed by atoms with E-state index in [0.29, 0.717) is 22.5 Å². The van der Waals surface area contributed by atoms with Gasteiger partial charge in [0.15, 0.2) is 0 Å². The van der Waals surface area contributed by atoms with Crippen LogP contribution < -0.4 is 5.32 Å². The van der Waals surface area contributed by atoms with Crippen LogP contribution >= 0.6 is 0 Å². The molecular weight excluding hydrogens is 270 g/mol. The van der Waals surface area contributed by atoms with Gasteiger partial charge in [-0.1, -0.05) is 0 Å². The fourth-order valence-corrected chi connectivity index (χ4v) is 1.71. The zero-order chi connectivity index (χ0) is 15.2. The lowest BCUT2D eigenvalue weighted by molar-refractivity contribution is -0.131. The lowest BCUT2D eigenvalue weighted by atomic mass is 10.1. The standard InChI is InChI=1S/C15H13N3O3/c1-10-13(3-2-7-17-10)18-15(21)12-6-8-16-9-11(12)4-5-14(19)20/h2-9H,1H3,(H,18,21)(H,19,20). The van der Waals surface area contributed by atoms with E-state index in [1.165, 1.54) is 24.5 Å². The van der Waals surface area contributed by atoms with Crippen molar-refractivity contribution in [1.82, 2.24) is 9.97 Å². The van der Waals surface area contributed by atoms with Gasteiger partial charge in [-0.2, -0.15) is 0 Å². The smallest absolute Gasteiger partial charge is 0.328 e. The molecule has 0 bridgehead atoms. The number of aryl methyl sites for hydroxylation is 1. The summed E-state index contributed by atoms with van der Waals surface area (Å²) in [6.45, 7) is 1.79. The van der Waals surface area contributed by atoms with Gasteiger partial charge in [0, 0.05) is 35.8 Å². The molecule has 0 radical (unpaired) electrons. The third-order valence-electron chi connectivity index (χ3n) is 2.76. The van der Waals surface area contributed by atoms with E-state index in [9.17, 15) is 9.59 Å². The molecule has 0 atom stereocenters. The minimum absolute atomic E-state index is 0.339. The Bertz CT molecular complexity index is 711. The summed E-state index contributed by atoms with van der Waals surface area (Å²) in [5, 5.41) is 11.4. The number of carbonyl (C=O) groups is 2. The van der Waals surface area contributed by atoms with Crippen molar-refractivity contribution >= 4 is 23.6 Å². The van der Waals surface area contributed by atoms with Crippen LogP contribution in [0, 0.1) is 6.92 Å². The van der Waals surface area contributed by atoms with Crippen molar-refractivity contribution in [3.63, 3.8) is 0 Å². The average Bonchev–Trinajstić information content (AvgIpc) is 2.47. The normalized spacial score (nSPS) is 10.5. The predicted octanol–water partition coefficient (Wildman–Crippen LogP) is 2.14. The number of aromatic nitrogens is 2. The summed E-state index contributed by atoms with van der Waals surface area (Å²) >= 11 is 0. The molecule has 0 aliphatic rings. The molecule has 0 fully saturated rings. The zero-order valence-corrected chi connectivity index (χ0v) is 11.3. The van der Waals surface area contributed by atoms with Crippen LogP contribution in [-0.2, 0) is 4.79 Å². The summed E-state index contributed by atoms with van der Waals surface area (Å²) < 4.78 is 0. The van der Waals surface area contributed by atoms with Gasteiger partial charge in [0.2, 0.25) is 0 Å². The minimum atomic E-state index is -1.09. The van der Waals surface area contributed by atoms with Crippen LogP contribution in [0.5, 0.6) is 0 Å². The average molecular weight is 283 g/mol. The van der Waals surface area contributed by atoms with Gasteiger partial charge in [0.05, 0.1) is 11.4 Å². The molecule has 0 unspecified atom stereocenters. The van der Waals surface area contributed by atoms with E-state index < -0.39 is 5.97 Å². The number of carboxylic acid groups (broad SMARTS) is 1. The molecule has 0 spiro atoms. The Kier molecular flexibility index (Phi) is 4.40. The second kappa shape index (κ2) is 6.42. The third kappa shape index (κ3) is 3.73. The Balaban J connectivity index is 2.28. The highest BCUT2D eigenvalue weighted by atomic mass is 16.4. The molecular formula is C15H13N3O3. The number of nitrogens with zero attached hydrogens (tertiary/aromatic N) is 2. The Morgan fingerprint density at radius 3 is 2.81 bits per heavy atom. The maximum atomic E-state index is 12.3. The van der Waals surface area contributed by atoms with Gasteiger partial charge in [-0.3, -0.25) is 14.8 Å². The topological polar surface area (TPSA) is 92.2 Å². The van der Waals surface area contributed by atoms with E-state index in [4.69, 9.17) is 5.11 Å². The Labute approximate surface area is 121 Å². The summed E-state index contributed by atoms with van der Waals surface area (Å²) in [7, 11) is 0. The molecule has 0 aliphatic heterocycles. The van der Waals surface area contributed by atoms with E-state index in [-0.39, 0.29) is 5.91 Å². The molecule has 0 saturated carbocycles. The van der Waals surface area contributed by atoms with Crippen LogP contribution in [0.3, 0.4) is 0 Å². The maximum absolute atomic E-state index is 12.3. The highest BCUT2D eigenvalue weighted by Gasteiger charge is 2.11. The van der Waals surface area contributed by atoms with Crippen molar-refractivity contribution in [2.24, 2.45) is 0 Å². The largest absolute Gasteiger partial charge is 0.478 e.